The van der Waals surface area contributed by atoms with Crippen molar-refractivity contribution in [2.75, 3.05) is 13.2 Å². The summed E-state index contributed by atoms with van der Waals surface area (Å²) < 4.78 is 9.69. The van der Waals surface area contributed by atoms with Gasteiger partial charge in [-0.25, -0.2) is 4.79 Å². The molecule has 9 heteroatoms. The van der Waals surface area contributed by atoms with Crippen molar-refractivity contribution >= 4 is 34.7 Å². The number of carboxylic acid groups (broad SMARTS) is 1. The molecule has 1 amide bonds. The number of carboxylic acids is 1. The van der Waals surface area contributed by atoms with Crippen LogP contribution in [0.3, 0.4) is 0 Å². The maximum Gasteiger partial charge on any atom is 0.327 e. The molecule has 0 bridgehead atoms. The van der Waals surface area contributed by atoms with Crippen molar-refractivity contribution in [1.82, 2.24) is 10.3 Å². The van der Waals surface area contributed by atoms with Gasteiger partial charge < -0.3 is 19.9 Å². The van der Waals surface area contributed by atoms with E-state index in [1.165, 1.54) is 6.20 Å². The van der Waals surface area contributed by atoms with Crippen LogP contribution in [0, 0.1) is 5.92 Å². The summed E-state index contributed by atoms with van der Waals surface area (Å²) >= 11 is 0. The Morgan fingerprint density at radius 2 is 1.79 bits per heavy atom. The van der Waals surface area contributed by atoms with E-state index in [9.17, 15) is 24.3 Å². The van der Waals surface area contributed by atoms with Gasteiger partial charge in [0.25, 0.3) is 5.91 Å². The molecule has 1 aromatic carbocycles. The molecule has 1 aromatic heterocycles. The summed E-state index contributed by atoms with van der Waals surface area (Å²) in [6, 6.07) is 6.98. The molecule has 2 aromatic rings. The van der Waals surface area contributed by atoms with Crippen molar-refractivity contribution in [1.29, 1.82) is 0 Å². The SMILES string of the molecule is CCOC(=O)C[C@@H](C(=O)OCC)[C@@H](NC(=O)c1cnc2ccccc2c1)C(=O)O. The van der Waals surface area contributed by atoms with Gasteiger partial charge in [-0.2, -0.15) is 0 Å². The molecule has 2 N–H and O–H groups in total. The van der Waals surface area contributed by atoms with E-state index in [1.54, 1.807) is 44.2 Å². The Labute approximate surface area is 167 Å². The number of benzene rings is 1. The van der Waals surface area contributed by atoms with Crippen molar-refractivity contribution in [2.24, 2.45) is 5.92 Å². The number of ether oxygens (including phenoxy) is 2. The fraction of sp³-hybridized carbons (Fsp3) is 0.350. The van der Waals surface area contributed by atoms with Gasteiger partial charge in [-0.15, -0.1) is 0 Å². The summed E-state index contributed by atoms with van der Waals surface area (Å²) in [6.07, 6.45) is 0.765. The minimum atomic E-state index is -1.68. The Bertz CT molecular complexity index is 913. The van der Waals surface area contributed by atoms with E-state index >= 15 is 0 Å². The van der Waals surface area contributed by atoms with Crippen molar-refractivity contribution in [3.8, 4) is 0 Å². The van der Waals surface area contributed by atoms with E-state index in [-0.39, 0.29) is 18.8 Å². The maximum absolute atomic E-state index is 12.6. The van der Waals surface area contributed by atoms with Gasteiger partial charge in [-0.3, -0.25) is 19.4 Å². The Morgan fingerprint density at radius 3 is 2.45 bits per heavy atom. The fourth-order valence-corrected chi connectivity index (χ4v) is 2.74. The first-order chi connectivity index (χ1) is 13.9. The van der Waals surface area contributed by atoms with Crippen LogP contribution in [0.1, 0.15) is 30.6 Å². The third-order valence-corrected chi connectivity index (χ3v) is 4.09. The van der Waals surface area contributed by atoms with Crippen LogP contribution in [0.25, 0.3) is 10.9 Å². The third kappa shape index (κ3) is 5.74. The highest BCUT2D eigenvalue weighted by Gasteiger charge is 2.38. The lowest BCUT2D eigenvalue weighted by Gasteiger charge is -2.22. The zero-order valence-corrected chi connectivity index (χ0v) is 16.1. The smallest absolute Gasteiger partial charge is 0.327 e. The molecule has 0 aliphatic carbocycles. The van der Waals surface area contributed by atoms with Crippen LogP contribution in [0.5, 0.6) is 0 Å². The molecule has 9 nitrogen and oxygen atoms in total. The minimum Gasteiger partial charge on any atom is -0.480 e. The number of hydrogen-bond donors (Lipinski definition) is 2. The second-order valence-corrected chi connectivity index (χ2v) is 6.07. The highest BCUT2D eigenvalue weighted by atomic mass is 16.5. The van der Waals surface area contributed by atoms with Gasteiger partial charge in [-0.1, -0.05) is 18.2 Å². The summed E-state index contributed by atoms with van der Waals surface area (Å²) in [7, 11) is 0. The summed E-state index contributed by atoms with van der Waals surface area (Å²) in [6.45, 7) is 3.20. The van der Waals surface area contributed by atoms with Gasteiger partial charge in [0.1, 0.15) is 6.04 Å². The number of fused-ring (bicyclic) bond motifs is 1. The standard InChI is InChI=1S/C20H22N2O7/c1-3-28-16(23)10-14(20(27)29-4-2)17(19(25)26)22-18(24)13-9-12-7-5-6-8-15(12)21-11-13/h5-9,11,14,17H,3-4,10H2,1-2H3,(H,22,24)(H,25,26)/t14-,17-/m1/s1. The molecule has 2 rings (SSSR count). The average molecular weight is 402 g/mol. The number of hydrogen-bond acceptors (Lipinski definition) is 7. The van der Waals surface area contributed by atoms with Crippen molar-refractivity contribution in [3.63, 3.8) is 0 Å². The average Bonchev–Trinajstić information content (AvgIpc) is 2.70. The molecule has 1 heterocycles. The second-order valence-electron chi connectivity index (χ2n) is 6.07. The molecular formula is C20H22N2O7. The molecule has 0 saturated heterocycles. The minimum absolute atomic E-state index is 0.00691. The van der Waals surface area contributed by atoms with E-state index in [1.807, 2.05) is 0 Å². The fourth-order valence-electron chi connectivity index (χ4n) is 2.74. The lowest BCUT2D eigenvalue weighted by molar-refractivity contribution is -0.159. The summed E-state index contributed by atoms with van der Waals surface area (Å²) in [5, 5.41) is 12.6. The predicted molar refractivity (Wildman–Crippen MR) is 102 cm³/mol. The zero-order chi connectivity index (χ0) is 21.4. The van der Waals surface area contributed by atoms with E-state index < -0.39 is 42.2 Å². The molecule has 0 spiro atoms. The normalized spacial score (nSPS) is 12.6. The number of esters is 2. The highest BCUT2D eigenvalue weighted by Crippen LogP contribution is 2.16. The quantitative estimate of drug-likeness (QED) is 0.604. The number of aliphatic carboxylic acids is 1. The third-order valence-electron chi connectivity index (χ3n) is 4.09. The predicted octanol–water partition coefficient (Wildman–Crippen LogP) is 1.55. The molecule has 154 valence electrons. The topological polar surface area (TPSA) is 132 Å². The van der Waals surface area contributed by atoms with Crippen LogP contribution in [0.2, 0.25) is 0 Å². The lowest BCUT2D eigenvalue weighted by Crippen LogP contribution is -2.49. The molecule has 0 radical (unpaired) electrons. The molecule has 0 saturated carbocycles. The van der Waals surface area contributed by atoms with Crippen LogP contribution >= 0.6 is 0 Å². The van der Waals surface area contributed by atoms with Gasteiger partial charge >= 0.3 is 17.9 Å². The first-order valence-corrected chi connectivity index (χ1v) is 9.08. The second kappa shape index (κ2) is 10.2. The lowest BCUT2D eigenvalue weighted by atomic mass is 9.95. The monoisotopic (exact) mass is 402 g/mol. The molecule has 0 aliphatic heterocycles. The Hall–Kier alpha value is -3.49. The maximum atomic E-state index is 12.6. The Balaban J connectivity index is 2.27. The Kier molecular flexibility index (Phi) is 7.64. The largest absolute Gasteiger partial charge is 0.480 e. The molecule has 0 aliphatic rings. The molecule has 0 fully saturated rings. The van der Waals surface area contributed by atoms with Gasteiger partial charge in [0.15, 0.2) is 0 Å². The first-order valence-electron chi connectivity index (χ1n) is 9.08. The van der Waals surface area contributed by atoms with Crippen molar-refractivity contribution in [2.45, 2.75) is 26.3 Å². The van der Waals surface area contributed by atoms with Gasteiger partial charge in [0, 0.05) is 11.6 Å². The first kappa shape index (κ1) is 21.8. The number of para-hydroxylation sites is 1. The van der Waals surface area contributed by atoms with E-state index in [0.717, 1.165) is 0 Å². The molecular weight excluding hydrogens is 380 g/mol. The molecule has 2 atom stereocenters. The Morgan fingerprint density at radius 1 is 1.10 bits per heavy atom. The highest BCUT2D eigenvalue weighted by molar-refractivity contribution is 6.00. The van der Waals surface area contributed by atoms with Gasteiger partial charge in [0.05, 0.1) is 36.6 Å². The molecule has 29 heavy (non-hydrogen) atoms. The van der Waals surface area contributed by atoms with E-state index in [0.29, 0.717) is 10.9 Å². The van der Waals surface area contributed by atoms with E-state index in [4.69, 9.17) is 9.47 Å². The van der Waals surface area contributed by atoms with Crippen molar-refractivity contribution < 1.29 is 33.8 Å². The number of rotatable bonds is 9. The van der Waals surface area contributed by atoms with Crippen LogP contribution < -0.4 is 5.32 Å². The number of aromatic nitrogens is 1. The number of nitrogens with one attached hydrogen (secondary N) is 1. The number of pyridine rings is 1. The van der Waals surface area contributed by atoms with Crippen molar-refractivity contribution in [3.05, 3.63) is 42.1 Å². The zero-order valence-electron chi connectivity index (χ0n) is 16.1. The van der Waals surface area contributed by atoms with Gasteiger partial charge in [0.2, 0.25) is 0 Å². The number of amides is 1. The number of nitrogens with zero attached hydrogens (tertiary/aromatic N) is 1. The van der Waals surface area contributed by atoms with E-state index in [2.05, 4.69) is 10.3 Å². The van der Waals surface area contributed by atoms with Crippen LogP contribution in [0.15, 0.2) is 36.5 Å². The molecule has 0 unspecified atom stereocenters. The summed E-state index contributed by atoms with van der Waals surface area (Å²) in [5.74, 6) is -5.34. The number of carbonyl (C=O) groups is 4. The number of carbonyl (C=O) groups excluding carboxylic acids is 3. The van der Waals surface area contributed by atoms with Crippen LogP contribution in [-0.2, 0) is 23.9 Å². The summed E-state index contributed by atoms with van der Waals surface area (Å²) in [5.41, 5.74) is 0.791. The van der Waals surface area contributed by atoms with Crippen LogP contribution in [-0.4, -0.2) is 53.2 Å². The summed E-state index contributed by atoms with van der Waals surface area (Å²) in [4.78, 5) is 52.7. The van der Waals surface area contributed by atoms with Gasteiger partial charge in [-0.05, 0) is 26.0 Å². The van der Waals surface area contributed by atoms with Crippen LogP contribution in [0.4, 0.5) is 0 Å².